The summed E-state index contributed by atoms with van der Waals surface area (Å²) in [7, 11) is 0. The predicted molar refractivity (Wildman–Crippen MR) is 74.3 cm³/mol. The molecule has 0 saturated carbocycles. The highest BCUT2D eigenvalue weighted by atomic mass is 16.5. The minimum atomic E-state index is 0.386. The molecule has 2 aromatic rings. The zero-order valence-electron chi connectivity index (χ0n) is 10.8. The second-order valence-corrected chi connectivity index (χ2v) is 4.68. The molecule has 3 rings (SSSR count). The largest absolute Gasteiger partial charge is 0.491 e. The lowest BCUT2D eigenvalue weighted by Crippen LogP contribution is -2.34. The molecule has 2 heterocycles. The molecule has 0 bridgehead atoms. The van der Waals surface area contributed by atoms with Gasteiger partial charge in [0.05, 0.1) is 12.2 Å². The van der Waals surface area contributed by atoms with Gasteiger partial charge in [0.15, 0.2) is 0 Å². The molecule has 0 N–H and O–H groups in total. The van der Waals surface area contributed by atoms with Gasteiger partial charge in [0.2, 0.25) is 0 Å². The van der Waals surface area contributed by atoms with Gasteiger partial charge in [-0.25, -0.2) is 4.98 Å². The molecule has 1 fully saturated rings. The first-order valence-electron chi connectivity index (χ1n) is 6.64. The quantitative estimate of drug-likeness (QED) is 0.841. The second kappa shape index (κ2) is 5.69. The van der Waals surface area contributed by atoms with Crippen LogP contribution in [0.15, 0.2) is 48.9 Å². The van der Waals surface area contributed by atoms with E-state index in [-0.39, 0.29) is 0 Å². The molecule has 1 aliphatic heterocycles. The number of rotatable bonds is 4. The summed E-state index contributed by atoms with van der Waals surface area (Å²) in [4.78, 5) is 10.8. The van der Waals surface area contributed by atoms with Gasteiger partial charge in [-0.1, -0.05) is 18.2 Å². The van der Waals surface area contributed by atoms with Gasteiger partial charge in [0.1, 0.15) is 18.2 Å². The second-order valence-electron chi connectivity index (χ2n) is 4.68. The monoisotopic (exact) mass is 255 g/mol. The number of para-hydroxylation sites is 1. The van der Waals surface area contributed by atoms with Crippen molar-refractivity contribution >= 4 is 5.82 Å². The highest BCUT2D eigenvalue weighted by Gasteiger charge is 2.26. The van der Waals surface area contributed by atoms with E-state index in [0.717, 1.165) is 24.5 Å². The number of ether oxygens (including phenoxy) is 1. The maximum Gasteiger partial charge on any atom is 0.147 e. The Bertz CT molecular complexity index is 503. The van der Waals surface area contributed by atoms with Crippen LogP contribution in [0.5, 0.6) is 5.75 Å². The van der Waals surface area contributed by atoms with Crippen molar-refractivity contribution in [2.45, 2.75) is 18.9 Å². The Morgan fingerprint density at radius 3 is 2.89 bits per heavy atom. The summed E-state index contributed by atoms with van der Waals surface area (Å²) in [5.41, 5.74) is 0. The zero-order valence-corrected chi connectivity index (χ0v) is 10.8. The first-order valence-corrected chi connectivity index (χ1v) is 6.64. The summed E-state index contributed by atoms with van der Waals surface area (Å²) < 4.78 is 5.85. The van der Waals surface area contributed by atoms with Gasteiger partial charge in [0, 0.05) is 18.9 Å². The van der Waals surface area contributed by atoms with Crippen molar-refractivity contribution in [1.29, 1.82) is 0 Å². The molecule has 1 aromatic carbocycles. The minimum Gasteiger partial charge on any atom is -0.491 e. The fourth-order valence-corrected chi connectivity index (χ4v) is 2.46. The van der Waals surface area contributed by atoms with Crippen LogP contribution < -0.4 is 9.64 Å². The molecule has 1 aliphatic rings. The highest BCUT2D eigenvalue weighted by Crippen LogP contribution is 2.23. The highest BCUT2D eigenvalue weighted by molar-refractivity contribution is 5.38. The summed E-state index contributed by atoms with van der Waals surface area (Å²) in [6.45, 7) is 1.72. The molecular formula is C15H17N3O. The van der Waals surface area contributed by atoms with Crippen LogP contribution in [0, 0.1) is 0 Å². The molecule has 1 atom stereocenters. The Labute approximate surface area is 113 Å². The van der Waals surface area contributed by atoms with E-state index >= 15 is 0 Å². The normalized spacial score (nSPS) is 18.5. The molecule has 1 saturated heterocycles. The maximum atomic E-state index is 5.85. The lowest BCUT2D eigenvalue weighted by molar-refractivity contribution is 0.288. The standard InChI is InChI=1S/C15H17N3O/c1-2-6-14(7-3-1)19-12-13-5-4-10-18(13)15-11-16-8-9-17-15/h1-3,6-9,11,13H,4-5,10,12H2/t13-/m0/s1. The van der Waals surface area contributed by atoms with Crippen LogP contribution in [-0.2, 0) is 0 Å². The molecule has 0 unspecified atom stereocenters. The van der Waals surface area contributed by atoms with Crippen LogP contribution in [0.3, 0.4) is 0 Å². The molecule has 4 nitrogen and oxygen atoms in total. The third-order valence-electron chi connectivity index (χ3n) is 3.41. The fourth-order valence-electron chi connectivity index (χ4n) is 2.46. The first kappa shape index (κ1) is 12.0. The third kappa shape index (κ3) is 2.84. The number of hydrogen-bond donors (Lipinski definition) is 0. The Balaban J connectivity index is 1.64. The van der Waals surface area contributed by atoms with Gasteiger partial charge in [-0.15, -0.1) is 0 Å². The minimum absolute atomic E-state index is 0.386. The molecule has 1 aromatic heterocycles. The van der Waals surface area contributed by atoms with Crippen molar-refractivity contribution in [3.8, 4) is 5.75 Å². The predicted octanol–water partition coefficient (Wildman–Crippen LogP) is 2.52. The van der Waals surface area contributed by atoms with Crippen molar-refractivity contribution in [3.05, 3.63) is 48.9 Å². The van der Waals surface area contributed by atoms with E-state index in [1.54, 1.807) is 12.4 Å². The molecule has 98 valence electrons. The number of anilines is 1. The maximum absolute atomic E-state index is 5.85. The van der Waals surface area contributed by atoms with Gasteiger partial charge < -0.3 is 9.64 Å². The van der Waals surface area contributed by atoms with E-state index in [1.165, 1.54) is 6.42 Å². The summed E-state index contributed by atoms with van der Waals surface area (Å²) >= 11 is 0. The smallest absolute Gasteiger partial charge is 0.147 e. The molecule has 19 heavy (non-hydrogen) atoms. The number of nitrogens with zero attached hydrogens (tertiary/aromatic N) is 3. The van der Waals surface area contributed by atoms with Gasteiger partial charge in [-0.05, 0) is 25.0 Å². The summed E-state index contributed by atoms with van der Waals surface area (Å²) in [5, 5.41) is 0. The average molecular weight is 255 g/mol. The Morgan fingerprint density at radius 1 is 1.21 bits per heavy atom. The Hall–Kier alpha value is -2.10. The summed E-state index contributed by atoms with van der Waals surface area (Å²) in [6.07, 6.45) is 7.58. The van der Waals surface area contributed by atoms with Crippen molar-refractivity contribution in [2.75, 3.05) is 18.1 Å². The lowest BCUT2D eigenvalue weighted by Gasteiger charge is -2.25. The molecule has 0 spiro atoms. The molecular weight excluding hydrogens is 238 g/mol. The molecule has 0 aliphatic carbocycles. The topological polar surface area (TPSA) is 38.2 Å². The summed E-state index contributed by atoms with van der Waals surface area (Å²) in [6, 6.07) is 10.3. The SMILES string of the molecule is c1ccc(OC[C@@H]2CCCN2c2cnccn2)cc1. The van der Waals surface area contributed by atoms with Crippen LogP contribution in [0.4, 0.5) is 5.82 Å². The number of aromatic nitrogens is 2. The zero-order chi connectivity index (χ0) is 12.9. The van der Waals surface area contributed by atoms with E-state index in [0.29, 0.717) is 12.6 Å². The Morgan fingerprint density at radius 2 is 2.11 bits per heavy atom. The molecule has 0 amide bonds. The third-order valence-corrected chi connectivity index (χ3v) is 3.41. The van der Waals surface area contributed by atoms with Crippen LogP contribution in [0.25, 0.3) is 0 Å². The van der Waals surface area contributed by atoms with E-state index in [2.05, 4.69) is 14.9 Å². The van der Waals surface area contributed by atoms with Crippen LogP contribution >= 0.6 is 0 Å². The van der Waals surface area contributed by atoms with E-state index in [9.17, 15) is 0 Å². The molecule has 4 heteroatoms. The van der Waals surface area contributed by atoms with Crippen molar-refractivity contribution < 1.29 is 4.74 Å². The number of benzene rings is 1. The van der Waals surface area contributed by atoms with Crippen LogP contribution in [0.2, 0.25) is 0 Å². The van der Waals surface area contributed by atoms with Gasteiger partial charge in [0.25, 0.3) is 0 Å². The van der Waals surface area contributed by atoms with Gasteiger partial charge in [-0.3, -0.25) is 4.98 Å². The van der Waals surface area contributed by atoms with E-state index in [4.69, 9.17) is 4.74 Å². The van der Waals surface area contributed by atoms with Crippen molar-refractivity contribution in [1.82, 2.24) is 9.97 Å². The van der Waals surface area contributed by atoms with E-state index < -0.39 is 0 Å². The van der Waals surface area contributed by atoms with Gasteiger partial charge in [-0.2, -0.15) is 0 Å². The first-order chi connectivity index (χ1) is 9.43. The lowest BCUT2D eigenvalue weighted by atomic mass is 10.2. The van der Waals surface area contributed by atoms with Crippen molar-refractivity contribution in [3.63, 3.8) is 0 Å². The summed E-state index contributed by atoms with van der Waals surface area (Å²) in [5.74, 6) is 1.87. The average Bonchev–Trinajstić information content (AvgIpc) is 2.95. The van der Waals surface area contributed by atoms with Crippen LogP contribution in [0.1, 0.15) is 12.8 Å². The van der Waals surface area contributed by atoms with E-state index in [1.807, 2.05) is 36.5 Å². The fraction of sp³-hybridized carbons (Fsp3) is 0.333. The number of hydrogen-bond acceptors (Lipinski definition) is 4. The molecule has 0 radical (unpaired) electrons. The Kier molecular flexibility index (Phi) is 3.58. The van der Waals surface area contributed by atoms with Gasteiger partial charge >= 0.3 is 0 Å². The van der Waals surface area contributed by atoms with Crippen molar-refractivity contribution in [2.24, 2.45) is 0 Å². The van der Waals surface area contributed by atoms with Crippen LogP contribution in [-0.4, -0.2) is 29.2 Å².